The number of hydrogen-bond acceptors (Lipinski definition) is 4. The molecule has 4 nitrogen and oxygen atoms in total. The largest absolute Gasteiger partial charge is 0.497 e. The Labute approximate surface area is 115 Å². The molecule has 0 amide bonds. The molecule has 94 valence electrons. The number of halogens is 1. The highest BCUT2D eigenvalue weighted by Gasteiger charge is 2.11. The summed E-state index contributed by atoms with van der Waals surface area (Å²) in [6, 6.07) is 7.78. The third-order valence-electron chi connectivity index (χ3n) is 2.70. The number of anilines is 3. The molecule has 0 spiro atoms. The Hall–Kier alpha value is -1.75. The molecule has 0 aliphatic rings. The highest BCUT2D eigenvalue weighted by Crippen LogP contribution is 2.35. The summed E-state index contributed by atoms with van der Waals surface area (Å²) >= 11 is 3.46. The Balaban J connectivity index is 2.38. The van der Waals surface area contributed by atoms with E-state index in [2.05, 4.69) is 20.9 Å². The van der Waals surface area contributed by atoms with Crippen molar-refractivity contribution in [3.05, 3.63) is 41.1 Å². The lowest BCUT2D eigenvalue weighted by Crippen LogP contribution is -2.12. The van der Waals surface area contributed by atoms with Gasteiger partial charge in [-0.05, 0) is 40.2 Å². The van der Waals surface area contributed by atoms with Gasteiger partial charge < -0.3 is 15.4 Å². The highest BCUT2D eigenvalue weighted by molar-refractivity contribution is 9.10. The minimum absolute atomic E-state index is 0.627. The summed E-state index contributed by atoms with van der Waals surface area (Å²) in [5.74, 6) is 0.828. The van der Waals surface area contributed by atoms with Crippen LogP contribution in [0.5, 0.6) is 5.75 Å². The fourth-order valence-electron chi connectivity index (χ4n) is 1.73. The number of ether oxygens (including phenoxy) is 1. The summed E-state index contributed by atoms with van der Waals surface area (Å²) in [4.78, 5) is 6.03. The highest BCUT2D eigenvalue weighted by atomic mass is 79.9. The van der Waals surface area contributed by atoms with Crippen LogP contribution < -0.4 is 15.4 Å². The molecule has 0 saturated carbocycles. The van der Waals surface area contributed by atoms with Crippen LogP contribution >= 0.6 is 15.9 Å². The molecule has 0 fully saturated rings. The van der Waals surface area contributed by atoms with Gasteiger partial charge in [-0.3, -0.25) is 4.98 Å². The molecule has 0 unspecified atom stereocenters. The molecular formula is C13H14BrN3O. The van der Waals surface area contributed by atoms with Gasteiger partial charge in [-0.15, -0.1) is 0 Å². The Morgan fingerprint density at radius 2 is 1.89 bits per heavy atom. The van der Waals surface area contributed by atoms with Gasteiger partial charge in [0.2, 0.25) is 0 Å². The molecule has 1 aromatic heterocycles. The average molecular weight is 308 g/mol. The van der Waals surface area contributed by atoms with E-state index in [1.165, 1.54) is 0 Å². The van der Waals surface area contributed by atoms with Crippen LogP contribution in [-0.4, -0.2) is 19.1 Å². The minimum atomic E-state index is 0.627. The van der Waals surface area contributed by atoms with Gasteiger partial charge in [0.05, 0.1) is 29.2 Å². The fourth-order valence-corrected chi connectivity index (χ4v) is 2.35. The molecule has 1 heterocycles. The first-order chi connectivity index (χ1) is 8.63. The van der Waals surface area contributed by atoms with Crippen molar-refractivity contribution in [1.29, 1.82) is 0 Å². The van der Waals surface area contributed by atoms with E-state index in [9.17, 15) is 0 Å². The zero-order valence-electron chi connectivity index (χ0n) is 10.2. The summed E-state index contributed by atoms with van der Waals surface area (Å²) in [7, 11) is 3.61. The predicted molar refractivity (Wildman–Crippen MR) is 77.4 cm³/mol. The smallest absolute Gasteiger partial charge is 0.119 e. The molecular weight excluding hydrogens is 294 g/mol. The van der Waals surface area contributed by atoms with Crippen LogP contribution in [0.2, 0.25) is 0 Å². The zero-order valence-corrected chi connectivity index (χ0v) is 11.8. The average Bonchev–Trinajstić information content (AvgIpc) is 2.38. The second-order valence-electron chi connectivity index (χ2n) is 3.82. The van der Waals surface area contributed by atoms with Crippen molar-refractivity contribution in [3.8, 4) is 5.75 Å². The summed E-state index contributed by atoms with van der Waals surface area (Å²) in [6.45, 7) is 0. The van der Waals surface area contributed by atoms with Crippen molar-refractivity contribution < 1.29 is 4.74 Å². The zero-order chi connectivity index (χ0) is 13.1. The molecule has 2 rings (SSSR count). The summed E-state index contributed by atoms with van der Waals surface area (Å²) in [5, 5.41) is 0. The molecule has 5 heteroatoms. The molecule has 0 saturated heterocycles. The van der Waals surface area contributed by atoms with Gasteiger partial charge in [0, 0.05) is 18.9 Å². The first kappa shape index (κ1) is 12.7. The molecule has 0 atom stereocenters. The van der Waals surface area contributed by atoms with Gasteiger partial charge in [-0.2, -0.15) is 0 Å². The van der Waals surface area contributed by atoms with Gasteiger partial charge >= 0.3 is 0 Å². The number of pyridine rings is 1. The second-order valence-corrected chi connectivity index (χ2v) is 4.67. The van der Waals surface area contributed by atoms with Crippen LogP contribution in [0.25, 0.3) is 0 Å². The molecule has 0 aliphatic heterocycles. The van der Waals surface area contributed by atoms with E-state index < -0.39 is 0 Å². The number of rotatable bonds is 3. The molecule has 18 heavy (non-hydrogen) atoms. The lowest BCUT2D eigenvalue weighted by Gasteiger charge is -2.22. The van der Waals surface area contributed by atoms with E-state index in [4.69, 9.17) is 10.5 Å². The van der Waals surface area contributed by atoms with Gasteiger partial charge in [-0.25, -0.2) is 0 Å². The van der Waals surface area contributed by atoms with Crippen LogP contribution in [0.3, 0.4) is 0 Å². The van der Waals surface area contributed by atoms with E-state index in [0.29, 0.717) is 5.69 Å². The third-order valence-corrected chi connectivity index (χ3v) is 3.28. The Morgan fingerprint density at radius 3 is 2.44 bits per heavy atom. The predicted octanol–water partition coefficient (Wildman–Crippen LogP) is 3.20. The standard InChI is InChI=1S/C13H14BrN3O/c1-17(9-3-5-10(18-2)6-4-9)13-11(14)7-16-8-12(13)15/h3-8H,15H2,1-2H3. The number of hydrogen-bond donors (Lipinski definition) is 1. The molecule has 2 aromatic rings. The molecule has 2 N–H and O–H groups in total. The maximum Gasteiger partial charge on any atom is 0.119 e. The number of aromatic nitrogens is 1. The van der Waals surface area contributed by atoms with Gasteiger partial charge in [0.1, 0.15) is 5.75 Å². The van der Waals surface area contributed by atoms with Crippen molar-refractivity contribution in [2.24, 2.45) is 0 Å². The SMILES string of the molecule is COc1ccc(N(C)c2c(N)cncc2Br)cc1. The van der Waals surface area contributed by atoms with Crippen LogP contribution in [0.1, 0.15) is 0 Å². The van der Waals surface area contributed by atoms with Crippen molar-refractivity contribution >= 4 is 33.0 Å². The summed E-state index contributed by atoms with van der Waals surface area (Å²) in [6.07, 6.45) is 3.37. The van der Waals surface area contributed by atoms with E-state index in [1.807, 2.05) is 36.2 Å². The molecule has 1 aromatic carbocycles. The number of methoxy groups -OCH3 is 1. The number of nitrogens with zero attached hydrogens (tertiary/aromatic N) is 2. The van der Waals surface area contributed by atoms with Crippen LogP contribution in [0, 0.1) is 0 Å². The minimum Gasteiger partial charge on any atom is -0.497 e. The Bertz CT molecular complexity index is 522. The third kappa shape index (κ3) is 2.41. The first-order valence-corrected chi connectivity index (χ1v) is 6.19. The molecule has 0 radical (unpaired) electrons. The van der Waals surface area contributed by atoms with Crippen LogP contribution in [0.4, 0.5) is 17.1 Å². The maximum atomic E-state index is 5.96. The number of nitrogen functional groups attached to an aromatic ring is 1. The number of benzene rings is 1. The van der Waals surface area contributed by atoms with Crippen molar-refractivity contribution in [2.75, 3.05) is 24.8 Å². The molecule has 0 bridgehead atoms. The maximum absolute atomic E-state index is 5.96. The number of nitrogens with two attached hydrogens (primary N) is 1. The normalized spacial score (nSPS) is 10.2. The molecule has 0 aliphatic carbocycles. The van der Waals surface area contributed by atoms with E-state index in [0.717, 1.165) is 21.6 Å². The van der Waals surface area contributed by atoms with Gasteiger partial charge in [0.15, 0.2) is 0 Å². The van der Waals surface area contributed by atoms with E-state index >= 15 is 0 Å². The quantitative estimate of drug-likeness (QED) is 0.946. The monoisotopic (exact) mass is 307 g/mol. The van der Waals surface area contributed by atoms with Gasteiger partial charge in [-0.1, -0.05) is 0 Å². The fraction of sp³-hybridized carbons (Fsp3) is 0.154. The van der Waals surface area contributed by atoms with Crippen LogP contribution in [0.15, 0.2) is 41.1 Å². The topological polar surface area (TPSA) is 51.4 Å². The Kier molecular flexibility index (Phi) is 3.72. The van der Waals surface area contributed by atoms with Crippen molar-refractivity contribution in [3.63, 3.8) is 0 Å². The summed E-state index contributed by atoms with van der Waals surface area (Å²) in [5.41, 5.74) is 8.51. The Morgan fingerprint density at radius 1 is 1.22 bits per heavy atom. The second kappa shape index (κ2) is 5.27. The lowest BCUT2D eigenvalue weighted by atomic mass is 10.2. The van der Waals surface area contributed by atoms with Crippen molar-refractivity contribution in [1.82, 2.24) is 4.98 Å². The van der Waals surface area contributed by atoms with Crippen LogP contribution in [-0.2, 0) is 0 Å². The summed E-state index contributed by atoms with van der Waals surface area (Å²) < 4.78 is 6.00. The lowest BCUT2D eigenvalue weighted by molar-refractivity contribution is 0.415. The van der Waals surface area contributed by atoms with E-state index in [1.54, 1.807) is 19.5 Å². The van der Waals surface area contributed by atoms with E-state index in [-0.39, 0.29) is 0 Å². The first-order valence-electron chi connectivity index (χ1n) is 5.40. The van der Waals surface area contributed by atoms with Gasteiger partial charge in [0.25, 0.3) is 0 Å². The van der Waals surface area contributed by atoms with Crippen molar-refractivity contribution in [2.45, 2.75) is 0 Å².